The van der Waals surface area contributed by atoms with E-state index in [4.69, 9.17) is 0 Å². The van der Waals surface area contributed by atoms with E-state index in [2.05, 4.69) is 10.6 Å². The summed E-state index contributed by atoms with van der Waals surface area (Å²) >= 11 is 0. The fourth-order valence-corrected chi connectivity index (χ4v) is 3.47. The highest BCUT2D eigenvalue weighted by Gasteiger charge is 2.42. The van der Waals surface area contributed by atoms with Gasteiger partial charge in [-0.1, -0.05) is 48.9 Å². The average molecular weight is 376 g/mol. The molecule has 1 unspecified atom stereocenters. The van der Waals surface area contributed by atoms with Gasteiger partial charge in [-0.15, -0.1) is 0 Å². The Morgan fingerprint density at radius 3 is 2.39 bits per heavy atom. The molecule has 28 heavy (non-hydrogen) atoms. The topological polar surface area (TPSA) is 75.3 Å². The first-order valence-corrected chi connectivity index (χ1v) is 9.43. The number of rotatable bonds is 5. The van der Waals surface area contributed by atoms with Gasteiger partial charge in [0.2, 0.25) is 17.7 Å². The van der Waals surface area contributed by atoms with E-state index in [9.17, 15) is 14.4 Å². The summed E-state index contributed by atoms with van der Waals surface area (Å²) in [5.41, 5.74) is 2.94. The minimum Gasteiger partial charge on any atom is -0.323 e. The number of hydrogen-bond donors (Lipinski definition) is 2. The summed E-state index contributed by atoms with van der Waals surface area (Å²) in [6, 6.07) is 15.2. The lowest BCUT2D eigenvalue weighted by molar-refractivity contribution is -0.138. The summed E-state index contributed by atoms with van der Waals surface area (Å²) < 4.78 is 0. The highest BCUT2D eigenvalue weighted by atomic mass is 16.2. The van der Waals surface area contributed by atoms with Crippen LogP contribution in [0.5, 0.6) is 0 Å². The van der Waals surface area contributed by atoms with Gasteiger partial charge in [0.25, 0.3) is 0 Å². The summed E-state index contributed by atoms with van der Waals surface area (Å²) in [4.78, 5) is 36.1. The van der Waals surface area contributed by atoms with Crippen LogP contribution in [0.4, 0.5) is 5.69 Å². The first-order chi connectivity index (χ1) is 13.4. The van der Waals surface area contributed by atoms with E-state index in [1.807, 2.05) is 50.2 Å². The van der Waals surface area contributed by atoms with Crippen molar-refractivity contribution in [2.45, 2.75) is 38.5 Å². The van der Waals surface area contributed by atoms with Crippen molar-refractivity contribution in [3.05, 3.63) is 71.3 Å². The molecule has 0 saturated carbocycles. The van der Waals surface area contributed by atoms with Crippen LogP contribution in [0.3, 0.4) is 0 Å². The van der Waals surface area contributed by atoms with Gasteiger partial charge in [0.05, 0.1) is 5.41 Å². The third kappa shape index (κ3) is 4.19. The SMILES string of the molecule is CCC1(c2ccc(NC(=O)/C=C/c3ccc(C)cc3)cc2)CCC(=O)NC1=O. The molecule has 1 saturated heterocycles. The summed E-state index contributed by atoms with van der Waals surface area (Å²) in [7, 11) is 0. The number of anilines is 1. The van der Waals surface area contributed by atoms with E-state index in [0.717, 1.165) is 11.1 Å². The molecule has 1 fully saturated rings. The molecular formula is C23H24N2O3. The van der Waals surface area contributed by atoms with Crippen LogP contribution >= 0.6 is 0 Å². The molecule has 2 aromatic carbocycles. The number of aryl methyl sites for hydroxylation is 1. The molecule has 2 N–H and O–H groups in total. The van der Waals surface area contributed by atoms with Gasteiger partial charge in [-0.2, -0.15) is 0 Å². The van der Waals surface area contributed by atoms with E-state index >= 15 is 0 Å². The zero-order chi connectivity index (χ0) is 20.1. The maximum Gasteiger partial charge on any atom is 0.248 e. The van der Waals surface area contributed by atoms with Crippen molar-refractivity contribution in [1.82, 2.24) is 5.32 Å². The van der Waals surface area contributed by atoms with E-state index in [0.29, 0.717) is 24.9 Å². The van der Waals surface area contributed by atoms with Crippen molar-refractivity contribution in [3.8, 4) is 0 Å². The zero-order valence-electron chi connectivity index (χ0n) is 16.1. The number of hydrogen-bond acceptors (Lipinski definition) is 3. The van der Waals surface area contributed by atoms with E-state index in [1.54, 1.807) is 18.2 Å². The van der Waals surface area contributed by atoms with Crippen LogP contribution < -0.4 is 10.6 Å². The molecule has 0 aromatic heterocycles. The van der Waals surface area contributed by atoms with Crippen LogP contribution in [0.15, 0.2) is 54.6 Å². The van der Waals surface area contributed by atoms with Gasteiger partial charge < -0.3 is 5.32 Å². The van der Waals surface area contributed by atoms with E-state index in [-0.39, 0.29) is 17.7 Å². The van der Waals surface area contributed by atoms with Gasteiger partial charge in [-0.25, -0.2) is 0 Å². The summed E-state index contributed by atoms with van der Waals surface area (Å²) in [5.74, 6) is -0.693. The van der Waals surface area contributed by atoms with Gasteiger partial charge in [0, 0.05) is 18.2 Å². The van der Waals surface area contributed by atoms with Crippen molar-refractivity contribution < 1.29 is 14.4 Å². The van der Waals surface area contributed by atoms with Gasteiger partial charge in [0.15, 0.2) is 0 Å². The Morgan fingerprint density at radius 2 is 1.79 bits per heavy atom. The largest absolute Gasteiger partial charge is 0.323 e. The number of amides is 3. The van der Waals surface area contributed by atoms with Crippen LogP contribution in [0, 0.1) is 6.92 Å². The third-order valence-electron chi connectivity index (χ3n) is 5.28. The van der Waals surface area contributed by atoms with Crippen LogP contribution in [0.25, 0.3) is 6.08 Å². The van der Waals surface area contributed by atoms with Crippen molar-refractivity contribution in [3.63, 3.8) is 0 Å². The first kappa shape index (κ1) is 19.5. The molecule has 144 valence electrons. The molecule has 5 nitrogen and oxygen atoms in total. The Labute approximate surface area is 164 Å². The normalized spacial score (nSPS) is 19.5. The van der Waals surface area contributed by atoms with E-state index < -0.39 is 5.41 Å². The third-order valence-corrected chi connectivity index (χ3v) is 5.28. The number of carbonyl (C=O) groups excluding carboxylic acids is 3. The molecule has 3 rings (SSSR count). The number of benzene rings is 2. The van der Waals surface area contributed by atoms with Gasteiger partial charge in [0.1, 0.15) is 0 Å². The Kier molecular flexibility index (Phi) is 5.73. The maximum atomic E-state index is 12.5. The van der Waals surface area contributed by atoms with Gasteiger partial charge in [-0.3, -0.25) is 19.7 Å². The Hall–Kier alpha value is -3.21. The number of piperidine rings is 1. The van der Waals surface area contributed by atoms with Gasteiger partial charge >= 0.3 is 0 Å². The molecule has 2 aromatic rings. The van der Waals surface area contributed by atoms with E-state index in [1.165, 1.54) is 11.6 Å². The summed E-state index contributed by atoms with van der Waals surface area (Å²) in [6.07, 6.45) is 4.70. The minimum atomic E-state index is -0.693. The first-order valence-electron chi connectivity index (χ1n) is 9.43. The van der Waals surface area contributed by atoms with Crippen LogP contribution in [-0.4, -0.2) is 17.7 Å². The van der Waals surface area contributed by atoms with Crippen molar-refractivity contribution in [1.29, 1.82) is 0 Å². The number of nitrogens with one attached hydrogen (secondary N) is 2. The zero-order valence-corrected chi connectivity index (χ0v) is 16.1. The van der Waals surface area contributed by atoms with Crippen molar-refractivity contribution in [2.24, 2.45) is 0 Å². The quantitative estimate of drug-likeness (QED) is 0.617. The molecule has 0 aliphatic carbocycles. The second-order valence-electron chi connectivity index (χ2n) is 7.12. The molecule has 1 aliphatic rings. The van der Waals surface area contributed by atoms with Crippen molar-refractivity contribution >= 4 is 29.5 Å². The molecule has 5 heteroatoms. The fourth-order valence-electron chi connectivity index (χ4n) is 3.47. The highest BCUT2D eigenvalue weighted by molar-refractivity contribution is 6.04. The highest BCUT2D eigenvalue weighted by Crippen LogP contribution is 2.36. The summed E-state index contributed by atoms with van der Waals surface area (Å²) in [6.45, 7) is 3.96. The predicted octanol–water partition coefficient (Wildman–Crippen LogP) is 3.73. The van der Waals surface area contributed by atoms with Crippen molar-refractivity contribution in [2.75, 3.05) is 5.32 Å². The maximum absolute atomic E-state index is 12.5. The molecule has 0 spiro atoms. The minimum absolute atomic E-state index is 0.223. The Balaban J connectivity index is 1.68. The number of imide groups is 1. The Morgan fingerprint density at radius 1 is 1.11 bits per heavy atom. The summed E-state index contributed by atoms with van der Waals surface area (Å²) in [5, 5.41) is 5.27. The molecule has 1 heterocycles. The standard InChI is InChI=1S/C23H24N2O3/c1-3-23(15-14-21(27)25-22(23)28)18-9-11-19(12-10-18)24-20(26)13-8-17-6-4-16(2)5-7-17/h4-13H,3,14-15H2,1-2H3,(H,24,26)(H,25,27,28)/b13-8+. The fraction of sp³-hybridized carbons (Fsp3) is 0.261. The molecule has 3 amide bonds. The second kappa shape index (κ2) is 8.21. The van der Waals surface area contributed by atoms with Crippen LogP contribution in [-0.2, 0) is 19.8 Å². The lowest BCUT2D eigenvalue weighted by Crippen LogP contribution is -2.51. The molecule has 1 aliphatic heterocycles. The monoisotopic (exact) mass is 376 g/mol. The molecule has 0 bridgehead atoms. The van der Waals surface area contributed by atoms with Crippen LogP contribution in [0.1, 0.15) is 42.9 Å². The van der Waals surface area contributed by atoms with Gasteiger partial charge in [-0.05, 0) is 49.1 Å². The second-order valence-corrected chi connectivity index (χ2v) is 7.12. The lowest BCUT2D eigenvalue weighted by Gasteiger charge is -2.35. The molecular weight excluding hydrogens is 352 g/mol. The van der Waals surface area contributed by atoms with Crippen LogP contribution in [0.2, 0.25) is 0 Å². The lowest BCUT2D eigenvalue weighted by atomic mass is 9.72. The predicted molar refractivity (Wildman–Crippen MR) is 110 cm³/mol. The smallest absolute Gasteiger partial charge is 0.248 e. The number of carbonyl (C=O) groups is 3. The average Bonchev–Trinajstić information content (AvgIpc) is 2.69. The Bertz CT molecular complexity index is 914. The molecule has 1 atom stereocenters. The molecule has 0 radical (unpaired) electrons.